The molecular formula is C57H60Cl3F6N9O12S3. The Balaban J connectivity index is 0.000000192. The summed E-state index contributed by atoms with van der Waals surface area (Å²) in [6.07, 6.45) is 0.278. The molecule has 3 fully saturated rings. The van der Waals surface area contributed by atoms with Gasteiger partial charge in [-0.15, -0.1) is 0 Å². The summed E-state index contributed by atoms with van der Waals surface area (Å²) in [5.74, 6) is -5.11. The van der Waals surface area contributed by atoms with Gasteiger partial charge in [-0.3, -0.25) is 14.4 Å². The van der Waals surface area contributed by atoms with Crippen molar-refractivity contribution in [2.24, 2.45) is 0 Å². The SMILES string of the molecule is COCCN1C(C(=O)Nc2ccc(F)c(Cl)c2)CC(c2ccc(F)cc2)NS1(=O)=O.COCCN1[C@@H](C(=O)Nc2ccc(F)c(Cl)c2)C[C@@H](c2ccc(F)cc2)NS1(=O)=O.COCCN1[C@H](C(=O)Nc2ccc(F)c(Cl)c2)C[C@H](c2ccc(F)cc2)NS1(=O)=O. The number of carbonyl (C=O) groups excluding carboxylic acids is 3. The largest absolute Gasteiger partial charge is 0.383 e. The Morgan fingerprint density at radius 2 is 0.656 bits per heavy atom. The zero-order chi connectivity index (χ0) is 65.7. The molecule has 3 amide bonds. The first-order valence-electron chi connectivity index (χ1n) is 27.0. The Kier molecular flexibility index (Phi) is 25.1. The first-order valence-corrected chi connectivity index (χ1v) is 32.5. The number of nitrogens with one attached hydrogen (secondary N) is 6. The minimum absolute atomic E-state index is 0.0514. The summed E-state index contributed by atoms with van der Waals surface area (Å²) in [5.41, 5.74) is 2.25. The van der Waals surface area contributed by atoms with Crippen molar-refractivity contribution in [3.8, 4) is 0 Å². The van der Waals surface area contributed by atoms with E-state index in [4.69, 9.17) is 49.0 Å². The Morgan fingerprint density at radius 3 is 0.867 bits per heavy atom. The summed E-state index contributed by atoms with van der Waals surface area (Å²) in [7, 11) is -7.87. The minimum atomic E-state index is -4.04. The summed E-state index contributed by atoms with van der Waals surface area (Å²) in [4.78, 5) is 38.9. The van der Waals surface area contributed by atoms with E-state index in [1.165, 1.54) is 131 Å². The van der Waals surface area contributed by atoms with Crippen molar-refractivity contribution in [3.05, 3.63) is 194 Å². The highest BCUT2D eigenvalue weighted by Crippen LogP contribution is 2.34. The smallest absolute Gasteiger partial charge is 0.280 e. The fourth-order valence-electron chi connectivity index (χ4n) is 9.59. The van der Waals surface area contributed by atoms with Gasteiger partial charge in [0.15, 0.2) is 0 Å². The number of halogens is 9. The molecule has 0 spiro atoms. The van der Waals surface area contributed by atoms with Gasteiger partial charge < -0.3 is 30.2 Å². The van der Waals surface area contributed by atoms with Gasteiger partial charge in [-0.05, 0) is 127 Å². The molecule has 2 unspecified atom stereocenters. The molecule has 3 aliphatic heterocycles. The number of amides is 3. The number of hydrogen-bond donors (Lipinski definition) is 6. The second-order valence-electron chi connectivity index (χ2n) is 20.1. The van der Waals surface area contributed by atoms with E-state index in [-0.39, 0.29) is 90.8 Å². The van der Waals surface area contributed by atoms with E-state index >= 15 is 0 Å². The maximum atomic E-state index is 13.4. The predicted molar refractivity (Wildman–Crippen MR) is 325 cm³/mol. The molecule has 3 heterocycles. The van der Waals surface area contributed by atoms with Crippen LogP contribution in [0, 0.1) is 34.9 Å². The summed E-state index contributed by atoms with van der Waals surface area (Å²) in [6.45, 7) is 0.0789. The molecule has 0 aliphatic carbocycles. The third-order valence-corrected chi connectivity index (χ3v) is 19.8. The van der Waals surface area contributed by atoms with Crippen LogP contribution < -0.4 is 30.1 Å². The molecule has 3 saturated heterocycles. The number of benzene rings is 6. The maximum absolute atomic E-state index is 13.4. The number of nitrogens with zero attached hydrogens (tertiary/aromatic N) is 3. The van der Waals surface area contributed by atoms with Gasteiger partial charge in [0.2, 0.25) is 17.7 Å². The van der Waals surface area contributed by atoms with Crippen molar-refractivity contribution >= 4 is 100 Å². The Bertz CT molecular complexity index is 3460. The van der Waals surface area contributed by atoms with Crippen LogP contribution in [0.2, 0.25) is 15.1 Å². The first kappa shape index (κ1) is 71.1. The van der Waals surface area contributed by atoms with Crippen molar-refractivity contribution < 1.29 is 80.2 Å². The van der Waals surface area contributed by atoms with Gasteiger partial charge in [0.05, 0.1) is 34.9 Å². The topological polar surface area (TPSA) is 263 Å². The molecule has 0 aromatic heterocycles. The molecule has 3 aliphatic rings. The lowest BCUT2D eigenvalue weighted by Crippen LogP contribution is -2.58. The third kappa shape index (κ3) is 18.9. The number of hydrogen-bond acceptors (Lipinski definition) is 12. The normalized spacial score (nSPS) is 21.3. The lowest BCUT2D eigenvalue weighted by Gasteiger charge is -2.38. The number of methoxy groups -OCH3 is 3. The second-order valence-corrected chi connectivity index (χ2v) is 26.3. The molecule has 6 aromatic carbocycles. The van der Waals surface area contributed by atoms with Crippen LogP contribution in [0.5, 0.6) is 0 Å². The van der Waals surface area contributed by atoms with Crippen molar-refractivity contribution in [2.45, 2.75) is 55.5 Å². The molecule has 6 aromatic rings. The predicted octanol–water partition coefficient (Wildman–Crippen LogP) is 8.56. The number of carbonyl (C=O) groups is 3. The van der Waals surface area contributed by atoms with Crippen LogP contribution in [-0.2, 0) is 59.2 Å². The van der Waals surface area contributed by atoms with Gasteiger partial charge in [-0.1, -0.05) is 71.2 Å². The highest BCUT2D eigenvalue weighted by atomic mass is 35.5. The van der Waals surface area contributed by atoms with Crippen LogP contribution >= 0.6 is 34.8 Å². The molecule has 9 rings (SSSR count). The lowest BCUT2D eigenvalue weighted by molar-refractivity contribution is -0.121. The Morgan fingerprint density at radius 1 is 0.422 bits per heavy atom. The highest BCUT2D eigenvalue weighted by molar-refractivity contribution is 7.87. The average molecular weight is 1380 g/mol. The summed E-state index contributed by atoms with van der Waals surface area (Å²) < 4.78 is 182. The summed E-state index contributed by atoms with van der Waals surface area (Å²) >= 11 is 17.3. The van der Waals surface area contributed by atoms with Crippen molar-refractivity contribution in [3.63, 3.8) is 0 Å². The van der Waals surface area contributed by atoms with Gasteiger partial charge in [0, 0.05) is 76.2 Å². The van der Waals surface area contributed by atoms with Gasteiger partial charge in [-0.2, -0.15) is 52.3 Å². The van der Waals surface area contributed by atoms with E-state index < -0.39 is 120 Å². The zero-order valence-electron chi connectivity index (χ0n) is 47.8. The Hall–Kier alpha value is -6.33. The number of anilines is 3. The van der Waals surface area contributed by atoms with E-state index in [0.717, 1.165) is 31.1 Å². The van der Waals surface area contributed by atoms with Crippen LogP contribution in [0.25, 0.3) is 0 Å². The van der Waals surface area contributed by atoms with Crippen molar-refractivity contribution in [2.75, 3.05) is 76.7 Å². The third-order valence-electron chi connectivity index (χ3n) is 14.1. The zero-order valence-corrected chi connectivity index (χ0v) is 52.5. The van der Waals surface area contributed by atoms with E-state index in [1.54, 1.807) is 0 Å². The fraction of sp³-hybridized carbons (Fsp3) is 0.316. The maximum Gasteiger partial charge on any atom is 0.280 e. The molecule has 33 heteroatoms. The standard InChI is InChI=1S/3C19H20ClF2N3O4S/c3*1-29-9-8-25-18(19(26)23-14-6-7-16(22)15(20)10-14)11-17(24-30(25,27)28)12-2-4-13(21)5-3-12/h3*2-7,10,17-18,24H,8-9,11H2,1H3,(H,23,26)/t2*17-,18+;/m10./s1. The lowest BCUT2D eigenvalue weighted by atomic mass is 9.99. The van der Waals surface area contributed by atoms with E-state index in [1.807, 2.05) is 0 Å². The molecular weight excluding hydrogens is 1320 g/mol. The minimum Gasteiger partial charge on any atom is -0.383 e. The van der Waals surface area contributed by atoms with E-state index in [2.05, 4.69) is 30.1 Å². The van der Waals surface area contributed by atoms with Crippen LogP contribution in [0.4, 0.5) is 43.4 Å². The fourth-order valence-corrected chi connectivity index (χ4v) is 14.8. The van der Waals surface area contributed by atoms with Crippen LogP contribution in [0.3, 0.4) is 0 Å². The molecule has 6 atom stereocenters. The van der Waals surface area contributed by atoms with Crippen LogP contribution in [-0.4, -0.2) is 135 Å². The van der Waals surface area contributed by atoms with Gasteiger partial charge >= 0.3 is 0 Å². The molecule has 0 bridgehead atoms. The average Bonchev–Trinajstić information content (AvgIpc) is 0.828. The quantitative estimate of drug-likeness (QED) is 0.0442. The van der Waals surface area contributed by atoms with Gasteiger partial charge in [-0.25, -0.2) is 26.3 Å². The highest BCUT2D eigenvalue weighted by Gasteiger charge is 2.45. The van der Waals surface area contributed by atoms with Crippen LogP contribution in [0.1, 0.15) is 54.1 Å². The molecule has 21 nitrogen and oxygen atoms in total. The van der Waals surface area contributed by atoms with Gasteiger partial charge in [0.25, 0.3) is 30.6 Å². The molecule has 90 heavy (non-hydrogen) atoms. The first-order chi connectivity index (χ1) is 42.6. The van der Waals surface area contributed by atoms with E-state index in [0.29, 0.717) is 16.7 Å². The summed E-state index contributed by atoms with van der Waals surface area (Å²) in [6, 6.07) is 21.6. The van der Waals surface area contributed by atoms with Gasteiger partial charge in [0.1, 0.15) is 53.0 Å². The van der Waals surface area contributed by atoms with Crippen molar-refractivity contribution in [1.82, 2.24) is 27.1 Å². The summed E-state index contributed by atoms with van der Waals surface area (Å²) in [5, 5.41) is 7.22. The Labute approximate surface area is 530 Å². The van der Waals surface area contributed by atoms with Crippen molar-refractivity contribution in [1.29, 1.82) is 0 Å². The molecule has 486 valence electrons. The number of ether oxygens (including phenoxy) is 3. The second kappa shape index (κ2) is 31.8. The van der Waals surface area contributed by atoms with Crippen LogP contribution in [0.15, 0.2) is 127 Å². The number of rotatable bonds is 18. The van der Waals surface area contributed by atoms with E-state index in [9.17, 15) is 66.0 Å². The molecule has 6 N–H and O–H groups in total. The monoisotopic (exact) mass is 1380 g/mol. The molecule has 0 saturated carbocycles. The molecule has 0 radical (unpaired) electrons.